The number of halogens is 1. The van der Waals surface area contributed by atoms with E-state index in [0.717, 1.165) is 24.1 Å². The summed E-state index contributed by atoms with van der Waals surface area (Å²) in [5, 5.41) is 12.3. The Kier molecular flexibility index (Phi) is 6.67. The number of aromatic nitrogens is 4. The molecule has 11 heteroatoms. The maximum atomic E-state index is 9.81. The van der Waals surface area contributed by atoms with Crippen molar-refractivity contribution in [3.8, 4) is 17.3 Å². The molecule has 1 saturated heterocycles. The van der Waals surface area contributed by atoms with Gasteiger partial charge in [-0.25, -0.2) is 19.9 Å². The molecule has 0 radical (unpaired) electrons. The fraction of sp³-hybridized carbons (Fsp3) is 0.318. The summed E-state index contributed by atoms with van der Waals surface area (Å²) in [5.74, 6) is 3.04. The second-order valence-corrected chi connectivity index (χ2v) is 10.5. The standard InChI is InChI=1S/C22H23N7O2S.ClH/c23-12-15-3-4-24-20(9-15)28-21-11-17(16-1-2-16)10-19(27-21)18-13-25-22(26-14-18)29-5-7-32(30,31)8-6-29;/h3-4,9-11,13-14,16,30-31H,1-2,5-8H2,(H,24,27,28);1H. The van der Waals surface area contributed by atoms with Crippen molar-refractivity contribution >= 4 is 40.6 Å². The predicted molar refractivity (Wildman–Crippen MR) is 132 cm³/mol. The van der Waals surface area contributed by atoms with Crippen molar-refractivity contribution < 1.29 is 9.11 Å². The van der Waals surface area contributed by atoms with Crippen LogP contribution < -0.4 is 10.2 Å². The summed E-state index contributed by atoms with van der Waals surface area (Å²) in [4.78, 5) is 20.0. The molecule has 3 aromatic heterocycles. The predicted octanol–water partition coefficient (Wildman–Crippen LogP) is 4.42. The number of nitrogens with zero attached hydrogens (tertiary/aromatic N) is 6. The van der Waals surface area contributed by atoms with Crippen LogP contribution in [0.5, 0.6) is 0 Å². The zero-order valence-electron chi connectivity index (χ0n) is 17.8. The minimum Gasteiger partial charge on any atom is -0.338 e. The molecule has 2 aliphatic rings. The fourth-order valence-corrected chi connectivity index (χ4v) is 4.89. The van der Waals surface area contributed by atoms with E-state index < -0.39 is 10.6 Å². The Bertz CT molecular complexity index is 1170. The minimum atomic E-state index is -2.45. The highest BCUT2D eigenvalue weighted by Gasteiger charge is 2.26. The normalized spacial score (nSPS) is 18.0. The average molecular weight is 486 g/mol. The zero-order valence-corrected chi connectivity index (χ0v) is 19.4. The van der Waals surface area contributed by atoms with Gasteiger partial charge in [-0.05, 0) is 48.6 Å². The lowest BCUT2D eigenvalue weighted by Gasteiger charge is -2.40. The minimum absolute atomic E-state index is 0. The molecular formula is C22H24ClN7O2S. The Hall–Kier alpha value is -2.97. The van der Waals surface area contributed by atoms with Gasteiger partial charge in [0.1, 0.15) is 11.6 Å². The molecule has 33 heavy (non-hydrogen) atoms. The highest BCUT2D eigenvalue weighted by Crippen LogP contribution is 2.42. The first-order valence-electron chi connectivity index (χ1n) is 10.5. The second-order valence-electron chi connectivity index (χ2n) is 8.08. The molecule has 0 unspecified atom stereocenters. The number of anilines is 3. The van der Waals surface area contributed by atoms with Crippen molar-refractivity contribution in [3.05, 3.63) is 54.0 Å². The molecule has 3 aromatic rings. The second kappa shape index (κ2) is 9.49. The maximum Gasteiger partial charge on any atom is 0.225 e. The van der Waals surface area contributed by atoms with Crippen molar-refractivity contribution in [3.63, 3.8) is 0 Å². The summed E-state index contributed by atoms with van der Waals surface area (Å²) in [6, 6.07) is 9.58. The van der Waals surface area contributed by atoms with E-state index in [1.807, 2.05) is 11.0 Å². The molecule has 2 fully saturated rings. The third-order valence-electron chi connectivity index (χ3n) is 5.63. The van der Waals surface area contributed by atoms with E-state index in [9.17, 15) is 9.11 Å². The third kappa shape index (κ3) is 5.51. The lowest BCUT2D eigenvalue weighted by atomic mass is 10.1. The molecular weight excluding hydrogens is 462 g/mol. The van der Waals surface area contributed by atoms with Gasteiger partial charge in [0.2, 0.25) is 5.95 Å². The number of hydrogen-bond donors (Lipinski definition) is 3. The van der Waals surface area contributed by atoms with Gasteiger partial charge in [-0.3, -0.25) is 9.11 Å². The Morgan fingerprint density at radius 2 is 1.76 bits per heavy atom. The summed E-state index contributed by atoms with van der Waals surface area (Å²) in [6.07, 6.45) is 7.43. The van der Waals surface area contributed by atoms with Crippen LogP contribution in [0.15, 0.2) is 42.9 Å². The van der Waals surface area contributed by atoms with Gasteiger partial charge in [-0.1, -0.05) is 0 Å². The molecule has 0 spiro atoms. The Balaban J connectivity index is 0.00000259. The van der Waals surface area contributed by atoms with Gasteiger partial charge in [0, 0.05) is 37.2 Å². The van der Waals surface area contributed by atoms with E-state index in [0.29, 0.717) is 53.7 Å². The topological polar surface area (TPSA) is 131 Å². The molecule has 0 bridgehead atoms. The van der Waals surface area contributed by atoms with Crippen LogP contribution in [-0.2, 0) is 0 Å². The van der Waals surface area contributed by atoms with Crippen LogP contribution in [0.25, 0.3) is 11.3 Å². The number of hydrogen-bond acceptors (Lipinski definition) is 9. The molecule has 1 saturated carbocycles. The highest BCUT2D eigenvalue weighted by atomic mass is 35.5. The molecule has 3 N–H and O–H groups in total. The van der Waals surface area contributed by atoms with Crippen LogP contribution in [0.3, 0.4) is 0 Å². The van der Waals surface area contributed by atoms with Crippen LogP contribution in [0.1, 0.15) is 29.9 Å². The van der Waals surface area contributed by atoms with Gasteiger partial charge in [-0.15, -0.1) is 12.4 Å². The van der Waals surface area contributed by atoms with Gasteiger partial charge in [0.05, 0.1) is 28.8 Å². The quantitative estimate of drug-likeness (QED) is 0.480. The van der Waals surface area contributed by atoms with Crippen molar-refractivity contribution in [2.45, 2.75) is 18.8 Å². The molecule has 0 amide bonds. The van der Waals surface area contributed by atoms with Crippen molar-refractivity contribution in [2.75, 3.05) is 34.8 Å². The first-order chi connectivity index (χ1) is 15.5. The molecule has 9 nitrogen and oxygen atoms in total. The first kappa shape index (κ1) is 23.2. The molecule has 0 aromatic carbocycles. The van der Waals surface area contributed by atoms with E-state index >= 15 is 0 Å². The van der Waals surface area contributed by atoms with Gasteiger partial charge in [0.15, 0.2) is 0 Å². The first-order valence-corrected chi connectivity index (χ1v) is 12.3. The van der Waals surface area contributed by atoms with E-state index in [1.54, 1.807) is 30.7 Å². The van der Waals surface area contributed by atoms with Crippen molar-refractivity contribution in [1.29, 1.82) is 5.26 Å². The molecule has 1 aliphatic carbocycles. The van der Waals surface area contributed by atoms with E-state index in [1.165, 1.54) is 5.56 Å². The van der Waals surface area contributed by atoms with Crippen LogP contribution in [0.4, 0.5) is 17.6 Å². The van der Waals surface area contributed by atoms with Gasteiger partial charge >= 0.3 is 0 Å². The highest BCUT2D eigenvalue weighted by molar-refractivity contribution is 8.24. The molecule has 4 heterocycles. The summed E-state index contributed by atoms with van der Waals surface area (Å²) in [5.41, 5.74) is 3.32. The smallest absolute Gasteiger partial charge is 0.225 e. The SMILES string of the molecule is Cl.N#Cc1ccnc(Nc2cc(C3CC3)cc(-c3cnc(N4CCS(O)(O)CC4)nc3)n2)c1. The Morgan fingerprint density at radius 1 is 1.03 bits per heavy atom. The number of rotatable bonds is 5. The number of nitriles is 1. The van der Waals surface area contributed by atoms with E-state index in [-0.39, 0.29) is 12.4 Å². The van der Waals surface area contributed by atoms with Gasteiger partial charge in [-0.2, -0.15) is 15.9 Å². The fourth-order valence-electron chi connectivity index (χ4n) is 3.66. The van der Waals surface area contributed by atoms with Crippen LogP contribution in [0.2, 0.25) is 0 Å². The molecule has 5 rings (SSSR count). The summed E-state index contributed by atoms with van der Waals surface area (Å²) < 4.78 is 19.6. The number of pyridine rings is 2. The molecule has 172 valence electrons. The lowest BCUT2D eigenvalue weighted by molar-refractivity contribution is 0.478. The monoisotopic (exact) mass is 485 g/mol. The van der Waals surface area contributed by atoms with E-state index in [2.05, 4.69) is 32.4 Å². The lowest BCUT2D eigenvalue weighted by Crippen LogP contribution is -2.39. The number of nitrogens with one attached hydrogen (secondary N) is 1. The third-order valence-corrected chi connectivity index (χ3v) is 7.31. The van der Waals surface area contributed by atoms with Crippen molar-refractivity contribution in [1.82, 2.24) is 19.9 Å². The Labute approximate surface area is 199 Å². The summed E-state index contributed by atoms with van der Waals surface area (Å²) in [7, 11) is -2.45. The Morgan fingerprint density at radius 3 is 2.42 bits per heavy atom. The summed E-state index contributed by atoms with van der Waals surface area (Å²) in [6.45, 7) is 1.06. The van der Waals surface area contributed by atoms with Crippen LogP contribution in [-0.4, -0.2) is 53.6 Å². The summed E-state index contributed by atoms with van der Waals surface area (Å²) >= 11 is 0. The van der Waals surface area contributed by atoms with Crippen molar-refractivity contribution in [2.24, 2.45) is 0 Å². The largest absolute Gasteiger partial charge is 0.338 e. The zero-order chi connectivity index (χ0) is 22.1. The van der Waals surface area contributed by atoms with Crippen LogP contribution in [0, 0.1) is 11.3 Å². The molecule has 0 atom stereocenters. The maximum absolute atomic E-state index is 9.81. The van der Waals surface area contributed by atoms with Gasteiger partial charge < -0.3 is 10.2 Å². The van der Waals surface area contributed by atoms with E-state index in [4.69, 9.17) is 10.2 Å². The van der Waals surface area contributed by atoms with Crippen LogP contribution >= 0.6 is 23.0 Å². The van der Waals surface area contributed by atoms with Gasteiger partial charge in [0.25, 0.3) is 0 Å². The average Bonchev–Trinajstić information content (AvgIpc) is 3.65. The molecule has 1 aliphatic heterocycles.